The van der Waals surface area contributed by atoms with Crippen molar-refractivity contribution in [3.8, 4) is 0 Å². The molecule has 0 fully saturated rings. The Bertz CT molecular complexity index is 109. The minimum Gasteiger partial charge on any atom is -0.394 e. The predicted molar refractivity (Wildman–Crippen MR) is 39.0 cm³/mol. The number of nitrogens with zero attached hydrogens (tertiary/aromatic N) is 1. The molecule has 3 N–H and O–H groups in total. The Morgan fingerprint density at radius 1 is 1.27 bits per heavy atom. The zero-order chi connectivity index (χ0) is 8.69. The summed E-state index contributed by atoms with van der Waals surface area (Å²) in [7, 11) is 0. The van der Waals surface area contributed by atoms with Gasteiger partial charge < -0.3 is 15.3 Å². The predicted octanol–water partition coefficient (Wildman–Crippen LogP) is -0.753. The summed E-state index contributed by atoms with van der Waals surface area (Å²) in [4.78, 5) is 9.59. The van der Waals surface area contributed by atoms with Crippen molar-refractivity contribution in [1.29, 1.82) is 0 Å². The van der Waals surface area contributed by atoms with Crippen molar-refractivity contribution in [1.82, 2.24) is 0 Å². The summed E-state index contributed by atoms with van der Waals surface area (Å²) in [6.45, 7) is -0.328. The van der Waals surface area contributed by atoms with Crippen LogP contribution in [0.4, 0.5) is 0 Å². The first-order valence-electron chi connectivity index (χ1n) is 3.46. The highest BCUT2D eigenvalue weighted by Crippen LogP contribution is 2.01. The van der Waals surface area contributed by atoms with Crippen LogP contribution in [0.25, 0.3) is 0 Å². The van der Waals surface area contributed by atoms with Crippen LogP contribution in [0.1, 0.15) is 12.8 Å². The summed E-state index contributed by atoms with van der Waals surface area (Å²) in [5.74, 6) is 0. The third kappa shape index (κ3) is 5.90. The van der Waals surface area contributed by atoms with Crippen molar-refractivity contribution in [2.45, 2.75) is 25.0 Å². The summed E-state index contributed by atoms with van der Waals surface area (Å²) in [5.41, 5.74) is 0. The Balaban J connectivity index is 3.34. The second-order valence-corrected chi connectivity index (χ2v) is 2.37. The summed E-state index contributed by atoms with van der Waals surface area (Å²) in [6, 6.07) is 0. The van der Waals surface area contributed by atoms with E-state index in [0.717, 1.165) is 0 Å². The van der Waals surface area contributed by atoms with Gasteiger partial charge in [0.15, 0.2) is 0 Å². The molecule has 0 aromatic heterocycles. The monoisotopic (exact) mass is 163 g/mol. The van der Waals surface area contributed by atoms with E-state index in [1.165, 1.54) is 0 Å². The van der Waals surface area contributed by atoms with E-state index >= 15 is 0 Å². The minimum atomic E-state index is -0.906. The lowest BCUT2D eigenvalue weighted by molar-refractivity contribution is 0.0398. The molecule has 0 saturated carbocycles. The molecule has 0 aromatic carbocycles. The lowest BCUT2D eigenvalue weighted by Gasteiger charge is -2.11. The van der Waals surface area contributed by atoms with Crippen LogP contribution >= 0.6 is 0 Å². The Hall–Kier alpha value is -0.520. The molecule has 2 unspecified atom stereocenters. The summed E-state index contributed by atoms with van der Waals surface area (Å²) in [6.07, 6.45) is -1.33. The molecule has 2 atom stereocenters. The molecule has 0 aromatic rings. The molecule has 0 heterocycles. The number of aliphatic hydroxyl groups is 3. The van der Waals surface area contributed by atoms with Crippen molar-refractivity contribution >= 4 is 0 Å². The Labute approximate surface area is 64.6 Å². The topological polar surface area (TPSA) is 90.1 Å². The number of hydrogen-bond donors (Lipinski definition) is 3. The second kappa shape index (κ2) is 6.21. The van der Waals surface area contributed by atoms with E-state index in [2.05, 4.69) is 5.18 Å². The molecule has 5 nitrogen and oxygen atoms in total. The molecule has 5 heteroatoms. The maximum atomic E-state index is 9.59. The summed E-state index contributed by atoms with van der Waals surface area (Å²) >= 11 is 0. The van der Waals surface area contributed by atoms with Crippen LogP contribution in [0, 0.1) is 4.91 Å². The van der Waals surface area contributed by atoms with Gasteiger partial charge >= 0.3 is 0 Å². The highest BCUT2D eigenvalue weighted by molar-refractivity contribution is 4.63. The third-order valence-corrected chi connectivity index (χ3v) is 1.31. The minimum absolute atomic E-state index is 0.0410. The third-order valence-electron chi connectivity index (χ3n) is 1.31. The molecule has 0 aliphatic rings. The molecule has 0 amide bonds. The normalized spacial score (nSPS) is 15.9. The van der Waals surface area contributed by atoms with Crippen molar-refractivity contribution < 1.29 is 15.3 Å². The molecule has 0 bridgehead atoms. The molecule has 11 heavy (non-hydrogen) atoms. The largest absolute Gasteiger partial charge is 0.394 e. The second-order valence-electron chi connectivity index (χ2n) is 2.37. The summed E-state index contributed by atoms with van der Waals surface area (Å²) in [5, 5.41) is 28.7. The fraction of sp³-hybridized carbons (Fsp3) is 1.00. The molecular weight excluding hydrogens is 150 g/mol. The number of hydrogen-bond acceptors (Lipinski definition) is 5. The van der Waals surface area contributed by atoms with Crippen LogP contribution in [0.15, 0.2) is 5.18 Å². The lowest BCUT2D eigenvalue weighted by atomic mass is 10.1. The van der Waals surface area contributed by atoms with Gasteiger partial charge in [-0.3, -0.25) is 0 Å². The first-order valence-corrected chi connectivity index (χ1v) is 3.46. The van der Waals surface area contributed by atoms with Gasteiger partial charge in [-0.25, -0.2) is 0 Å². The molecule has 0 radical (unpaired) electrons. The van der Waals surface area contributed by atoms with Crippen LogP contribution < -0.4 is 0 Å². The van der Waals surface area contributed by atoms with Gasteiger partial charge in [0.2, 0.25) is 0 Å². The Morgan fingerprint density at radius 3 is 2.36 bits per heavy atom. The molecule has 0 saturated heterocycles. The molecular formula is C6H13NO4. The van der Waals surface area contributed by atoms with Gasteiger partial charge in [-0.05, 0) is 6.42 Å². The van der Waals surface area contributed by atoms with Crippen LogP contribution in [0.2, 0.25) is 0 Å². The van der Waals surface area contributed by atoms with E-state index in [0.29, 0.717) is 0 Å². The maximum Gasteiger partial charge on any atom is 0.0835 e. The number of aliphatic hydroxyl groups excluding tert-OH is 3. The van der Waals surface area contributed by atoms with Crippen LogP contribution in [0.5, 0.6) is 0 Å². The van der Waals surface area contributed by atoms with E-state index in [1.54, 1.807) is 0 Å². The molecule has 0 aliphatic heterocycles. The maximum absolute atomic E-state index is 9.59. The van der Waals surface area contributed by atoms with Gasteiger partial charge in [-0.1, -0.05) is 5.18 Å². The summed E-state index contributed by atoms with van der Waals surface area (Å²) < 4.78 is 0. The van der Waals surface area contributed by atoms with Crippen molar-refractivity contribution in [2.75, 3.05) is 13.2 Å². The van der Waals surface area contributed by atoms with Gasteiger partial charge in [-0.15, -0.1) is 0 Å². The molecule has 66 valence electrons. The quantitative estimate of drug-likeness (QED) is 0.449. The average Bonchev–Trinajstić information content (AvgIpc) is 2.00. The van der Waals surface area contributed by atoms with Crippen LogP contribution in [-0.4, -0.2) is 40.7 Å². The van der Waals surface area contributed by atoms with Crippen molar-refractivity contribution in [3.05, 3.63) is 4.91 Å². The van der Waals surface area contributed by atoms with Crippen molar-refractivity contribution in [2.24, 2.45) is 5.18 Å². The molecule has 0 rings (SSSR count). The van der Waals surface area contributed by atoms with Gasteiger partial charge in [0.25, 0.3) is 0 Å². The zero-order valence-corrected chi connectivity index (χ0v) is 6.18. The SMILES string of the molecule is O=NCCC(O)CC(O)CO. The fourth-order valence-electron chi connectivity index (χ4n) is 0.708. The zero-order valence-electron chi connectivity index (χ0n) is 6.18. The van der Waals surface area contributed by atoms with Gasteiger partial charge in [0.05, 0.1) is 25.4 Å². The van der Waals surface area contributed by atoms with E-state index in [-0.39, 0.29) is 26.0 Å². The molecule has 0 spiro atoms. The highest BCUT2D eigenvalue weighted by atomic mass is 16.3. The van der Waals surface area contributed by atoms with Crippen molar-refractivity contribution in [3.63, 3.8) is 0 Å². The number of rotatable bonds is 6. The Kier molecular flexibility index (Phi) is 5.91. The smallest absolute Gasteiger partial charge is 0.0835 e. The first-order chi connectivity index (χ1) is 5.20. The van der Waals surface area contributed by atoms with E-state index in [4.69, 9.17) is 15.3 Å². The van der Waals surface area contributed by atoms with E-state index in [9.17, 15) is 4.91 Å². The van der Waals surface area contributed by atoms with Crippen LogP contribution in [-0.2, 0) is 0 Å². The van der Waals surface area contributed by atoms with E-state index in [1.807, 2.05) is 0 Å². The average molecular weight is 163 g/mol. The molecule has 0 aliphatic carbocycles. The lowest BCUT2D eigenvalue weighted by Crippen LogP contribution is -2.21. The van der Waals surface area contributed by atoms with Gasteiger partial charge in [0.1, 0.15) is 0 Å². The van der Waals surface area contributed by atoms with Crippen LogP contribution in [0.3, 0.4) is 0 Å². The van der Waals surface area contributed by atoms with E-state index < -0.39 is 12.2 Å². The standard InChI is InChI=1S/C6H13NO4/c8-4-6(10)3-5(9)1-2-7-11/h5-6,8-10H,1-4H2. The Morgan fingerprint density at radius 2 is 1.91 bits per heavy atom. The van der Waals surface area contributed by atoms with Gasteiger partial charge in [-0.2, -0.15) is 4.91 Å². The number of nitroso groups, excluding NO2 is 1. The van der Waals surface area contributed by atoms with Gasteiger partial charge in [0, 0.05) is 6.42 Å². The fourth-order valence-corrected chi connectivity index (χ4v) is 0.708. The first kappa shape index (κ1) is 10.5. The highest BCUT2D eigenvalue weighted by Gasteiger charge is 2.10.